The Balaban J connectivity index is 0.741. The minimum absolute atomic E-state index is 0.685. The predicted octanol–water partition coefficient (Wildman–Crippen LogP) is 19.2. The first-order valence-corrected chi connectivity index (χ1v) is 30.2. The van der Waals surface area contributed by atoms with Gasteiger partial charge in [-0.15, -0.1) is 11.3 Å². The molecule has 0 aliphatic heterocycles. The van der Waals surface area contributed by atoms with Crippen LogP contribution in [0.15, 0.2) is 253 Å². The van der Waals surface area contributed by atoms with Crippen LogP contribution in [-0.2, 0) is 0 Å². The van der Waals surface area contributed by atoms with E-state index < -0.39 is 0 Å². The zero-order valence-corrected chi connectivity index (χ0v) is 47.8. The van der Waals surface area contributed by atoms with Gasteiger partial charge in [0.2, 0.25) is 0 Å². The summed E-state index contributed by atoms with van der Waals surface area (Å²) in [6.45, 7) is 0. The van der Waals surface area contributed by atoms with Gasteiger partial charge in [-0.25, -0.2) is 29.9 Å². The number of rotatable bonds is 9. The molecule has 0 unspecified atom stereocenters. The standard InChI is InChI=1S/C74H40N10O2S2/c1-2-10-47(46(9-1)41-22-29-75-30-23-41)60-20-21-63-66(82-60)67-74(87-63)81-40-62(84-67)55-18-8-16-53-51-14-6-12-49(69(51)86-71(53)55)48-11-5-13-50-52-15-7-17-54(70(52)85-68(48)50)61-39-80-73-65(83-61)58-37-45(38-79-72(58)88-73)64-56(42-24-31-76-32-25-42)35-44(59-19-3-4-28-78-59)36-57(64)43-26-33-77-34-27-43/h1-40H. The fraction of sp³-hybridized carbons (Fsp3) is 0. The SMILES string of the molecule is c1ccc(-c2cc(-c3ccncc3)c(-c3cnc4sc5ncc(-c6cccc7c6oc6c(-c8cccc9c8oc8c(-c%10cnc%11sc%12ccc(-c%13ccccc%13-c%13ccncc%13)nc%12c%11n%10)cccc89)cccc67)nc5c4c3)c(-c3ccncc3)c2)nc1. The van der Waals surface area contributed by atoms with Crippen molar-refractivity contribution in [2.75, 3.05) is 0 Å². The van der Waals surface area contributed by atoms with E-state index in [1.165, 1.54) is 11.3 Å². The van der Waals surface area contributed by atoms with Crippen LogP contribution >= 0.6 is 22.7 Å². The van der Waals surface area contributed by atoms with Crippen molar-refractivity contribution in [3.05, 3.63) is 244 Å². The van der Waals surface area contributed by atoms with Crippen molar-refractivity contribution in [3.8, 4) is 101 Å². The van der Waals surface area contributed by atoms with Gasteiger partial charge in [-0.1, -0.05) is 102 Å². The lowest BCUT2D eigenvalue weighted by atomic mass is 9.86. The van der Waals surface area contributed by atoms with Crippen molar-refractivity contribution < 1.29 is 8.83 Å². The van der Waals surface area contributed by atoms with Crippen molar-refractivity contribution in [2.45, 2.75) is 0 Å². The molecule has 0 aliphatic carbocycles. The van der Waals surface area contributed by atoms with Crippen molar-refractivity contribution in [3.63, 3.8) is 0 Å². The highest BCUT2D eigenvalue weighted by atomic mass is 32.1. The molecule has 12 aromatic heterocycles. The van der Waals surface area contributed by atoms with E-state index in [0.29, 0.717) is 17.0 Å². The number of furan rings is 2. The zero-order valence-electron chi connectivity index (χ0n) is 46.2. The molecule has 88 heavy (non-hydrogen) atoms. The number of aromatic nitrogens is 10. The number of hydrogen-bond acceptors (Lipinski definition) is 14. The van der Waals surface area contributed by atoms with E-state index in [1.807, 2.05) is 123 Å². The average Bonchev–Trinajstić information content (AvgIpc) is 1.70. The predicted molar refractivity (Wildman–Crippen MR) is 354 cm³/mol. The fourth-order valence-corrected chi connectivity index (χ4v) is 14.3. The summed E-state index contributed by atoms with van der Waals surface area (Å²) in [6.07, 6.45) is 18.4. The maximum absolute atomic E-state index is 7.13. The van der Waals surface area contributed by atoms with Crippen LogP contribution in [0, 0.1) is 0 Å². The van der Waals surface area contributed by atoms with E-state index in [-0.39, 0.29) is 0 Å². The molecule has 0 spiro atoms. The highest BCUT2D eigenvalue weighted by Crippen LogP contribution is 2.48. The first-order valence-electron chi connectivity index (χ1n) is 28.5. The van der Waals surface area contributed by atoms with Gasteiger partial charge in [0, 0.05) is 115 Å². The van der Waals surface area contributed by atoms with Crippen LogP contribution in [0.4, 0.5) is 0 Å². The Morgan fingerprint density at radius 2 is 0.761 bits per heavy atom. The minimum Gasteiger partial charge on any atom is -0.455 e. The number of pyridine rings is 6. The molecule has 12 nitrogen and oxygen atoms in total. The molecule has 6 aromatic carbocycles. The molecule has 12 heterocycles. The van der Waals surface area contributed by atoms with Gasteiger partial charge >= 0.3 is 0 Å². The quantitative estimate of drug-likeness (QED) is 0.135. The first kappa shape index (κ1) is 49.8. The molecule has 0 saturated carbocycles. The summed E-state index contributed by atoms with van der Waals surface area (Å²) in [5, 5.41) is 4.79. The van der Waals surface area contributed by atoms with E-state index in [0.717, 1.165) is 169 Å². The van der Waals surface area contributed by atoms with E-state index in [2.05, 4.69) is 136 Å². The molecular weight excluding hydrogens is 1130 g/mol. The molecule has 410 valence electrons. The maximum atomic E-state index is 7.13. The monoisotopic (exact) mass is 1160 g/mol. The van der Waals surface area contributed by atoms with E-state index in [4.69, 9.17) is 43.7 Å². The largest absolute Gasteiger partial charge is 0.455 e. The number of hydrogen-bond donors (Lipinski definition) is 0. The van der Waals surface area contributed by atoms with Crippen molar-refractivity contribution in [2.24, 2.45) is 0 Å². The third kappa shape index (κ3) is 8.04. The highest BCUT2D eigenvalue weighted by Gasteiger charge is 2.25. The molecule has 0 fully saturated rings. The fourth-order valence-electron chi connectivity index (χ4n) is 12.5. The van der Waals surface area contributed by atoms with Gasteiger partial charge in [0.15, 0.2) is 0 Å². The molecule has 18 aromatic rings. The second-order valence-corrected chi connectivity index (χ2v) is 23.5. The number of thiophene rings is 2. The summed E-state index contributed by atoms with van der Waals surface area (Å²) >= 11 is 3.12. The van der Waals surface area contributed by atoms with Gasteiger partial charge in [-0.3, -0.25) is 19.9 Å². The molecule has 0 aliphatic rings. The number of benzene rings is 6. The second kappa shape index (κ2) is 20.0. The van der Waals surface area contributed by atoms with Gasteiger partial charge in [0.25, 0.3) is 0 Å². The Morgan fingerprint density at radius 3 is 1.34 bits per heavy atom. The molecule has 0 N–H and O–H groups in total. The van der Waals surface area contributed by atoms with Crippen LogP contribution < -0.4 is 0 Å². The lowest BCUT2D eigenvalue weighted by Crippen LogP contribution is -1.95. The Kier molecular flexibility index (Phi) is 11.3. The van der Waals surface area contributed by atoms with Crippen LogP contribution in [-0.4, -0.2) is 49.8 Å². The van der Waals surface area contributed by atoms with E-state index in [9.17, 15) is 0 Å². The average molecular weight is 1170 g/mol. The summed E-state index contributed by atoms with van der Waals surface area (Å²) in [5.74, 6) is 0. The molecule has 0 bridgehead atoms. The molecule has 0 amide bonds. The topological polar surface area (TPSA) is 155 Å². The molecule has 14 heteroatoms. The van der Waals surface area contributed by atoms with Crippen LogP contribution in [0.2, 0.25) is 0 Å². The van der Waals surface area contributed by atoms with Gasteiger partial charge in [-0.05, 0) is 130 Å². The zero-order chi connectivity index (χ0) is 57.8. The molecule has 18 rings (SSSR count). The summed E-state index contributed by atoms with van der Waals surface area (Å²) < 4.78 is 15.2. The number of para-hydroxylation sites is 4. The molecule has 0 atom stereocenters. The summed E-state index contributed by atoms with van der Waals surface area (Å²) in [4.78, 5) is 51.4. The minimum atomic E-state index is 0.685. The van der Waals surface area contributed by atoms with Gasteiger partial charge in [-0.2, -0.15) is 0 Å². The highest BCUT2D eigenvalue weighted by molar-refractivity contribution is 7.25. The lowest BCUT2D eigenvalue weighted by molar-refractivity contribution is 0.666. The van der Waals surface area contributed by atoms with Crippen molar-refractivity contribution in [1.82, 2.24) is 49.8 Å². The van der Waals surface area contributed by atoms with Gasteiger partial charge < -0.3 is 8.83 Å². The van der Waals surface area contributed by atoms with Crippen LogP contribution in [0.5, 0.6) is 0 Å². The Hall–Kier alpha value is -11.6. The summed E-state index contributed by atoms with van der Waals surface area (Å²) in [6, 6.07) is 62.4. The number of nitrogens with zero attached hydrogens (tertiary/aromatic N) is 10. The molecule has 0 saturated heterocycles. The normalized spacial score (nSPS) is 11.9. The van der Waals surface area contributed by atoms with Gasteiger partial charge in [0.05, 0.1) is 39.9 Å². The van der Waals surface area contributed by atoms with E-state index >= 15 is 0 Å². The van der Waals surface area contributed by atoms with Crippen LogP contribution in [0.3, 0.4) is 0 Å². The summed E-state index contributed by atoms with van der Waals surface area (Å²) in [5.41, 5.74) is 22.0. The van der Waals surface area contributed by atoms with Crippen LogP contribution in [0.25, 0.3) is 186 Å². The van der Waals surface area contributed by atoms with Gasteiger partial charge in [0.1, 0.15) is 53.4 Å². The Morgan fingerprint density at radius 1 is 0.273 bits per heavy atom. The molecular formula is C74H40N10O2S2. The van der Waals surface area contributed by atoms with Crippen molar-refractivity contribution in [1.29, 1.82) is 0 Å². The lowest BCUT2D eigenvalue weighted by Gasteiger charge is -2.18. The first-order chi connectivity index (χ1) is 43.6. The number of fused-ring (bicyclic) bond motifs is 12. The van der Waals surface area contributed by atoms with E-state index in [1.54, 1.807) is 11.3 Å². The van der Waals surface area contributed by atoms with Crippen LogP contribution in [0.1, 0.15) is 0 Å². The third-order valence-electron chi connectivity index (χ3n) is 16.5. The summed E-state index contributed by atoms with van der Waals surface area (Å²) in [7, 11) is 0. The smallest absolute Gasteiger partial charge is 0.144 e. The Labute approximate surface area is 507 Å². The maximum Gasteiger partial charge on any atom is 0.144 e. The third-order valence-corrected chi connectivity index (χ3v) is 18.6. The Bertz CT molecular complexity index is 5770. The second-order valence-electron chi connectivity index (χ2n) is 21.5. The molecule has 0 radical (unpaired) electrons. The van der Waals surface area contributed by atoms with Crippen molar-refractivity contribution >= 4 is 108 Å².